The molecule has 1 aliphatic heterocycles. The van der Waals surface area contributed by atoms with Crippen molar-refractivity contribution in [3.8, 4) is 0 Å². The summed E-state index contributed by atoms with van der Waals surface area (Å²) < 4.78 is 0. The van der Waals surface area contributed by atoms with E-state index in [0.29, 0.717) is 29.6 Å². The van der Waals surface area contributed by atoms with Gasteiger partial charge in [-0.3, -0.25) is 9.78 Å². The smallest absolute Gasteiger partial charge is 0.227 e. The highest BCUT2D eigenvalue weighted by Gasteiger charge is 2.22. The quantitative estimate of drug-likeness (QED) is 0.670. The van der Waals surface area contributed by atoms with Crippen molar-refractivity contribution in [2.24, 2.45) is 0 Å². The number of carbonyl (C=O) groups excluding carboxylic acids is 1. The van der Waals surface area contributed by atoms with Crippen molar-refractivity contribution in [3.63, 3.8) is 0 Å². The number of rotatable bonds is 3. The summed E-state index contributed by atoms with van der Waals surface area (Å²) in [4.78, 5) is 25.4. The maximum atomic E-state index is 12.6. The zero-order valence-electron chi connectivity index (χ0n) is 14.6. The van der Waals surface area contributed by atoms with Crippen molar-refractivity contribution < 1.29 is 4.79 Å². The fourth-order valence-corrected chi connectivity index (χ4v) is 3.58. The fourth-order valence-electron chi connectivity index (χ4n) is 3.26. The molecule has 3 aromatic rings. The predicted molar refractivity (Wildman–Crippen MR) is 108 cm³/mol. The van der Waals surface area contributed by atoms with Crippen LogP contribution in [0.15, 0.2) is 48.9 Å². The Morgan fingerprint density at radius 3 is 2.56 bits per heavy atom. The number of anilines is 1. The Balaban J connectivity index is 1.38. The van der Waals surface area contributed by atoms with Crippen molar-refractivity contribution in [2.45, 2.75) is 6.42 Å². The number of halogens is 2. The van der Waals surface area contributed by atoms with Crippen molar-refractivity contribution in [1.29, 1.82) is 0 Å². The SMILES string of the molecule is O=C(Cc1ccc(Cl)c(Cl)c1)N1CCN(c2cc3ccncc3cn2)CC1. The molecule has 0 unspecified atom stereocenters. The maximum absolute atomic E-state index is 12.6. The summed E-state index contributed by atoms with van der Waals surface area (Å²) in [6.45, 7) is 2.87. The van der Waals surface area contributed by atoms with Crippen molar-refractivity contribution >= 4 is 45.7 Å². The summed E-state index contributed by atoms with van der Waals surface area (Å²) >= 11 is 12.0. The largest absolute Gasteiger partial charge is 0.353 e. The number of pyridine rings is 2. The first-order chi connectivity index (χ1) is 13.1. The second-order valence-corrected chi connectivity index (χ2v) is 7.37. The summed E-state index contributed by atoms with van der Waals surface area (Å²) in [5.41, 5.74) is 0.877. The normalized spacial score (nSPS) is 14.6. The Labute approximate surface area is 167 Å². The Morgan fingerprint density at radius 1 is 0.963 bits per heavy atom. The van der Waals surface area contributed by atoms with E-state index in [1.165, 1.54) is 0 Å². The summed E-state index contributed by atoms with van der Waals surface area (Å²) in [6.07, 6.45) is 5.77. The fraction of sp³-hybridized carbons (Fsp3) is 0.250. The van der Waals surface area contributed by atoms with Crippen LogP contribution in [-0.2, 0) is 11.2 Å². The molecule has 7 heteroatoms. The average Bonchev–Trinajstić information content (AvgIpc) is 2.70. The number of hydrogen-bond donors (Lipinski definition) is 0. The van der Waals surface area contributed by atoms with Gasteiger partial charge in [-0.2, -0.15) is 0 Å². The van der Waals surface area contributed by atoms with Crippen LogP contribution in [0.25, 0.3) is 10.8 Å². The third-order valence-electron chi connectivity index (χ3n) is 4.80. The van der Waals surface area contributed by atoms with Crippen LogP contribution in [0, 0.1) is 0 Å². The molecule has 27 heavy (non-hydrogen) atoms. The second-order valence-electron chi connectivity index (χ2n) is 6.56. The van der Waals surface area contributed by atoms with Gasteiger partial charge in [0.25, 0.3) is 0 Å². The number of piperazine rings is 1. The molecular weight excluding hydrogens is 383 g/mol. The molecular formula is C20H18Cl2N4O. The van der Waals surface area contributed by atoms with Gasteiger partial charge >= 0.3 is 0 Å². The molecule has 5 nitrogen and oxygen atoms in total. The van der Waals surface area contributed by atoms with E-state index >= 15 is 0 Å². The summed E-state index contributed by atoms with van der Waals surface area (Å²) in [7, 11) is 0. The van der Waals surface area contributed by atoms with Gasteiger partial charge in [-0.1, -0.05) is 29.3 Å². The van der Waals surface area contributed by atoms with Gasteiger partial charge in [-0.15, -0.1) is 0 Å². The molecule has 0 atom stereocenters. The average molecular weight is 401 g/mol. The van der Waals surface area contributed by atoms with Gasteiger partial charge in [0.2, 0.25) is 5.91 Å². The highest BCUT2D eigenvalue weighted by Crippen LogP contribution is 2.23. The lowest BCUT2D eigenvalue weighted by Gasteiger charge is -2.35. The molecule has 1 aliphatic rings. The highest BCUT2D eigenvalue weighted by molar-refractivity contribution is 6.42. The number of carbonyl (C=O) groups is 1. The number of fused-ring (bicyclic) bond motifs is 1. The van der Waals surface area contributed by atoms with E-state index < -0.39 is 0 Å². The van der Waals surface area contributed by atoms with E-state index in [1.807, 2.05) is 29.4 Å². The predicted octanol–water partition coefficient (Wildman–Crippen LogP) is 3.83. The third kappa shape index (κ3) is 3.99. The van der Waals surface area contributed by atoms with Gasteiger partial charge < -0.3 is 9.80 Å². The molecule has 3 heterocycles. The second kappa shape index (κ2) is 7.71. The lowest BCUT2D eigenvalue weighted by Crippen LogP contribution is -2.49. The van der Waals surface area contributed by atoms with Crippen LogP contribution < -0.4 is 4.90 Å². The molecule has 0 aliphatic carbocycles. The van der Waals surface area contributed by atoms with Gasteiger partial charge in [0.05, 0.1) is 16.5 Å². The molecule has 1 saturated heterocycles. The van der Waals surface area contributed by atoms with Gasteiger partial charge in [0.1, 0.15) is 5.82 Å². The molecule has 1 aromatic carbocycles. The number of nitrogens with zero attached hydrogens (tertiary/aromatic N) is 4. The van der Waals surface area contributed by atoms with Crippen molar-refractivity contribution in [1.82, 2.24) is 14.9 Å². The number of amides is 1. The Morgan fingerprint density at radius 2 is 1.78 bits per heavy atom. The molecule has 2 aromatic heterocycles. The van der Waals surface area contributed by atoms with E-state index in [-0.39, 0.29) is 5.91 Å². The van der Waals surface area contributed by atoms with Crippen LogP contribution >= 0.6 is 23.2 Å². The molecule has 138 valence electrons. The standard InChI is InChI=1S/C20H18Cl2N4O/c21-17-2-1-14(9-18(17)22)10-20(27)26-7-5-25(6-8-26)19-11-15-3-4-23-12-16(15)13-24-19/h1-4,9,11-13H,5-8,10H2. The minimum atomic E-state index is 0.102. The molecule has 0 saturated carbocycles. The minimum Gasteiger partial charge on any atom is -0.353 e. The topological polar surface area (TPSA) is 49.3 Å². The molecule has 0 spiro atoms. The number of benzene rings is 1. The molecule has 0 radical (unpaired) electrons. The van der Waals surface area contributed by atoms with Gasteiger partial charge in [0.15, 0.2) is 0 Å². The highest BCUT2D eigenvalue weighted by atomic mass is 35.5. The van der Waals surface area contributed by atoms with Crippen molar-refractivity contribution in [2.75, 3.05) is 31.1 Å². The van der Waals surface area contributed by atoms with Crippen LogP contribution in [-0.4, -0.2) is 47.0 Å². The number of hydrogen-bond acceptors (Lipinski definition) is 4. The Bertz CT molecular complexity index is 987. The van der Waals surface area contributed by atoms with Gasteiger partial charge in [0, 0.05) is 50.2 Å². The summed E-state index contributed by atoms with van der Waals surface area (Å²) in [6, 6.07) is 9.38. The lowest BCUT2D eigenvalue weighted by molar-refractivity contribution is -0.130. The van der Waals surface area contributed by atoms with Crippen LogP contribution in [0.4, 0.5) is 5.82 Å². The molecule has 1 amide bonds. The van der Waals surface area contributed by atoms with E-state index in [9.17, 15) is 4.79 Å². The van der Waals surface area contributed by atoms with E-state index in [1.54, 1.807) is 18.3 Å². The van der Waals surface area contributed by atoms with Gasteiger partial charge in [-0.25, -0.2) is 4.98 Å². The van der Waals surface area contributed by atoms with Crippen LogP contribution in [0.5, 0.6) is 0 Å². The third-order valence-corrected chi connectivity index (χ3v) is 5.54. The molecule has 1 fully saturated rings. The van der Waals surface area contributed by atoms with Crippen LogP contribution in [0.2, 0.25) is 10.0 Å². The summed E-state index contributed by atoms with van der Waals surface area (Å²) in [5, 5.41) is 3.12. The Kier molecular flexibility index (Phi) is 5.14. The molecule has 4 rings (SSSR count). The lowest BCUT2D eigenvalue weighted by atomic mass is 10.1. The Hall–Kier alpha value is -2.37. The maximum Gasteiger partial charge on any atom is 0.227 e. The van der Waals surface area contributed by atoms with Crippen LogP contribution in [0.1, 0.15) is 5.56 Å². The zero-order valence-corrected chi connectivity index (χ0v) is 16.1. The van der Waals surface area contributed by atoms with E-state index in [0.717, 1.165) is 35.2 Å². The zero-order chi connectivity index (χ0) is 18.8. The van der Waals surface area contributed by atoms with E-state index in [2.05, 4.69) is 20.9 Å². The van der Waals surface area contributed by atoms with E-state index in [4.69, 9.17) is 23.2 Å². The first-order valence-electron chi connectivity index (χ1n) is 8.76. The minimum absolute atomic E-state index is 0.102. The van der Waals surface area contributed by atoms with Crippen LogP contribution in [0.3, 0.4) is 0 Å². The first kappa shape index (κ1) is 18.0. The number of aromatic nitrogens is 2. The summed E-state index contributed by atoms with van der Waals surface area (Å²) in [5.74, 6) is 1.04. The molecule has 0 N–H and O–H groups in total. The van der Waals surface area contributed by atoms with Crippen molar-refractivity contribution in [3.05, 3.63) is 64.5 Å². The molecule has 0 bridgehead atoms. The first-order valence-corrected chi connectivity index (χ1v) is 9.52. The van der Waals surface area contributed by atoms with Gasteiger partial charge in [-0.05, 0) is 35.2 Å². The monoisotopic (exact) mass is 400 g/mol.